The van der Waals surface area contributed by atoms with E-state index in [2.05, 4.69) is 16.8 Å². The predicted molar refractivity (Wildman–Crippen MR) is 85.4 cm³/mol. The third kappa shape index (κ3) is 2.97. The van der Waals surface area contributed by atoms with Gasteiger partial charge in [0.05, 0.1) is 0 Å². The minimum Gasteiger partial charge on any atom is -0.506 e. The van der Waals surface area contributed by atoms with Gasteiger partial charge < -0.3 is 10.2 Å². The number of aromatic hydroxyl groups is 1. The predicted octanol–water partition coefficient (Wildman–Crippen LogP) is 1.78. The van der Waals surface area contributed by atoms with Crippen LogP contribution >= 0.6 is 0 Å². The highest BCUT2D eigenvalue weighted by Crippen LogP contribution is 2.23. The van der Waals surface area contributed by atoms with Crippen molar-refractivity contribution >= 4 is 16.8 Å². The Morgan fingerprint density at radius 1 is 1.22 bits per heavy atom. The van der Waals surface area contributed by atoms with Gasteiger partial charge in [0.15, 0.2) is 5.78 Å². The Balaban J connectivity index is 1.97. The highest BCUT2D eigenvalue weighted by Gasteiger charge is 2.15. The van der Waals surface area contributed by atoms with Crippen molar-refractivity contribution in [2.45, 2.75) is 12.5 Å². The number of rotatable bonds is 5. The van der Waals surface area contributed by atoms with Crippen LogP contribution in [0.2, 0.25) is 0 Å². The fourth-order valence-electron chi connectivity index (χ4n) is 2.28. The van der Waals surface area contributed by atoms with Gasteiger partial charge in [0.2, 0.25) is 0 Å². The van der Waals surface area contributed by atoms with Gasteiger partial charge in [0.1, 0.15) is 28.6 Å². The SMILES string of the molecule is C=CC(=O)C(O)Cc1ccc(O)c(-n2nc3ccccc3n2)c1. The number of fused-ring (bicyclic) bond motifs is 1. The largest absolute Gasteiger partial charge is 0.506 e. The lowest BCUT2D eigenvalue weighted by atomic mass is 10.0. The van der Waals surface area contributed by atoms with Crippen LogP contribution in [0.1, 0.15) is 5.56 Å². The van der Waals surface area contributed by atoms with E-state index < -0.39 is 11.9 Å². The second kappa shape index (κ2) is 6.02. The average molecular weight is 309 g/mol. The molecule has 0 aliphatic heterocycles. The number of hydrogen-bond acceptors (Lipinski definition) is 5. The van der Waals surface area contributed by atoms with Gasteiger partial charge in [0, 0.05) is 6.42 Å². The Morgan fingerprint density at radius 3 is 2.48 bits per heavy atom. The first-order valence-electron chi connectivity index (χ1n) is 7.07. The quantitative estimate of drug-likeness (QED) is 0.701. The molecule has 0 radical (unpaired) electrons. The van der Waals surface area contributed by atoms with Gasteiger partial charge in [0.25, 0.3) is 0 Å². The van der Waals surface area contributed by atoms with Crippen LogP contribution in [0.4, 0.5) is 0 Å². The van der Waals surface area contributed by atoms with E-state index in [9.17, 15) is 15.0 Å². The topological polar surface area (TPSA) is 88.2 Å². The summed E-state index contributed by atoms with van der Waals surface area (Å²) in [5.41, 5.74) is 2.48. The first-order valence-corrected chi connectivity index (χ1v) is 7.07. The normalized spacial score (nSPS) is 12.2. The number of carbonyl (C=O) groups is 1. The molecule has 6 nitrogen and oxygen atoms in total. The zero-order chi connectivity index (χ0) is 16.4. The summed E-state index contributed by atoms with van der Waals surface area (Å²) >= 11 is 0. The number of phenols is 1. The number of aliphatic hydroxyl groups is 1. The average Bonchev–Trinajstić information content (AvgIpc) is 2.99. The van der Waals surface area contributed by atoms with Crippen molar-refractivity contribution < 1.29 is 15.0 Å². The van der Waals surface area contributed by atoms with E-state index in [1.807, 2.05) is 24.3 Å². The number of hydrogen-bond donors (Lipinski definition) is 2. The monoisotopic (exact) mass is 309 g/mol. The molecule has 3 aromatic rings. The number of nitrogens with zero attached hydrogens (tertiary/aromatic N) is 3. The van der Waals surface area contributed by atoms with Crippen LogP contribution in [0.15, 0.2) is 55.1 Å². The minimum absolute atomic E-state index is 0.0126. The van der Waals surface area contributed by atoms with E-state index in [0.717, 1.165) is 6.08 Å². The summed E-state index contributed by atoms with van der Waals surface area (Å²) in [6.45, 7) is 3.35. The van der Waals surface area contributed by atoms with Crippen LogP contribution in [0.25, 0.3) is 16.7 Å². The molecule has 1 unspecified atom stereocenters. The molecule has 116 valence electrons. The minimum atomic E-state index is -1.16. The summed E-state index contributed by atoms with van der Waals surface area (Å²) in [5, 5.41) is 28.5. The lowest BCUT2D eigenvalue weighted by Crippen LogP contribution is -2.20. The van der Waals surface area contributed by atoms with Crippen molar-refractivity contribution in [2.75, 3.05) is 0 Å². The van der Waals surface area contributed by atoms with E-state index in [1.54, 1.807) is 12.1 Å². The molecule has 1 atom stereocenters. The van der Waals surface area contributed by atoms with E-state index in [-0.39, 0.29) is 12.2 Å². The van der Waals surface area contributed by atoms with Crippen molar-refractivity contribution in [1.82, 2.24) is 15.0 Å². The maximum Gasteiger partial charge on any atom is 0.183 e. The molecule has 0 amide bonds. The molecule has 2 N–H and O–H groups in total. The number of carbonyl (C=O) groups excluding carboxylic acids is 1. The van der Waals surface area contributed by atoms with E-state index in [4.69, 9.17) is 0 Å². The number of ketones is 1. The van der Waals surface area contributed by atoms with Gasteiger partial charge in [-0.15, -0.1) is 15.0 Å². The first-order chi connectivity index (χ1) is 11.1. The Morgan fingerprint density at radius 2 is 1.87 bits per heavy atom. The maximum atomic E-state index is 11.4. The molecule has 2 aromatic carbocycles. The van der Waals surface area contributed by atoms with Crippen LogP contribution in [-0.2, 0) is 11.2 Å². The zero-order valence-electron chi connectivity index (χ0n) is 12.3. The number of phenolic OH excluding ortho intramolecular Hbond substituents is 1. The molecule has 23 heavy (non-hydrogen) atoms. The lowest BCUT2D eigenvalue weighted by Gasteiger charge is -2.09. The Kier molecular flexibility index (Phi) is 3.91. The molecule has 0 spiro atoms. The molecule has 0 saturated carbocycles. The molecule has 0 bridgehead atoms. The van der Waals surface area contributed by atoms with Gasteiger partial charge in [-0.2, -0.15) is 0 Å². The lowest BCUT2D eigenvalue weighted by molar-refractivity contribution is -0.122. The van der Waals surface area contributed by atoms with E-state index in [1.165, 1.54) is 10.9 Å². The second-order valence-corrected chi connectivity index (χ2v) is 5.13. The second-order valence-electron chi connectivity index (χ2n) is 5.13. The van der Waals surface area contributed by atoms with Crippen LogP contribution in [-0.4, -0.2) is 37.1 Å². The summed E-state index contributed by atoms with van der Waals surface area (Å²) < 4.78 is 0. The van der Waals surface area contributed by atoms with Crippen molar-refractivity contribution in [2.24, 2.45) is 0 Å². The van der Waals surface area contributed by atoms with Crippen LogP contribution < -0.4 is 0 Å². The fraction of sp³-hybridized carbons (Fsp3) is 0.118. The van der Waals surface area contributed by atoms with Gasteiger partial charge in [-0.1, -0.05) is 24.8 Å². The number of benzene rings is 2. The standard InChI is InChI=1S/C17H15N3O3/c1-2-15(21)17(23)10-11-7-8-16(22)14(9-11)20-18-12-5-3-4-6-13(12)19-20/h2-9,17,22-23H,1,10H2. The summed E-state index contributed by atoms with van der Waals surface area (Å²) in [6, 6.07) is 12.1. The number of aliphatic hydroxyl groups excluding tert-OH is 1. The fourth-order valence-corrected chi connectivity index (χ4v) is 2.28. The van der Waals surface area contributed by atoms with Gasteiger partial charge in [-0.3, -0.25) is 4.79 Å². The smallest absolute Gasteiger partial charge is 0.183 e. The van der Waals surface area contributed by atoms with E-state index >= 15 is 0 Å². The molecule has 0 fully saturated rings. The van der Waals surface area contributed by atoms with Gasteiger partial charge >= 0.3 is 0 Å². The molecular formula is C17H15N3O3. The molecule has 3 rings (SSSR count). The number of aromatic nitrogens is 3. The van der Waals surface area contributed by atoms with Crippen molar-refractivity contribution in [3.63, 3.8) is 0 Å². The molecule has 1 heterocycles. The van der Waals surface area contributed by atoms with Crippen LogP contribution in [0.5, 0.6) is 5.75 Å². The molecule has 6 heteroatoms. The van der Waals surface area contributed by atoms with Crippen LogP contribution in [0.3, 0.4) is 0 Å². The van der Waals surface area contributed by atoms with Crippen molar-refractivity contribution in [3.05, 3.63) is 60.7 Å². The highest BCUT2D eigenvalue weighted by molar-refractivity contribution is 5.93. The third-order valence-corrected chi connectivity index (χ3v) is 3.50. The van der Waals surface area contributed by atoms with Gasteiger partial charge in [-0.25, -0.2) is 0 Å². The third-order valence-electron chi connectivity index (χ3n) is 3.50. The summed E-state index contributed by atoms with van der Waals surface area (Å²) in [7, 11) is 0. The summed E-state index contributed by atoms with van der Waals surface area (Å²) in [6.07, 6.45) is 0.0571. The Bertz CT molecular complexity index is 853. The molecule has 0 saturated heterocycles. The highest BCUT2D eigenvalue weighted by atomic mass is 16.3. The Hall–Kier alpha value is -2.99. The van der Waals surface area contributed by atoms with Crippen LogP contribution in [0, 0.1) is 0 Å². The molecular weight excluding hydrogens is 294 g/mol. The summed E-state index contributed by atoms with van der Waals surface area (Å²) in [4.78, 5) is 12.7. The van der Waals surface area contributed by atoms with Crippen molar-refractivity contribution in [1.29, 1.82) is 0 Å². The molecule has 0 aliphatic rings. The van der Waals surface area contributed by atoms with Crippen molar-refractivity contribution in [3.8, 4) is 11.4 Å². The van der Waals surface area contributed by atoms with Gasteiger partial charge in [-0.05, 0) is 35.9 Å². The molecule has 1 aromatic heterocycles. The molecule has 0 aliphatic carbocycles. The maximum absolute atomic E-state index is 11.4. The zero-order valence-corrected chi connectivity index (χ0v) is 12.3. The van der Waals surface area contributed by atoms with E-state index in [0.29, 0.717) is 22.3 Å². The Labute approximate surface area is 132 Å². The summed E-state index contributed by atoms with van der Waals surface area (Å²) in [5.74, 6) is -0.429. The first kappa shape index (κ1) is 14.9.